The molecule has 0 fully saturated rings. The minimum absolute atomic E-state index is 0.344. The zero-order valence-corrected chi connectivity index (χ0v) is 9.10. The standard InChI is InChI=1S/C10H17N3O2/c1-10(2,15)9(14)11-5-3-7-13-8-4-6-12-13/h4,6,8,15H,3,5,7H2,1-2H3,(H,11,14). The summed E-state index contributed by atoms with van der Waals surface area (Å²) in [4.78, 5) is 11.2. The van der Waals surface area contributed by atoms with E-state index in [1.165, 1.54) is 13.8 Å². The highest BCUT2D eigenvalue weighted by molar-refractivity contribution is 5.83. The summed E-state index contributed by atoms with van der Waals surface area (Å²) >= 11 is 0. The van der Waals surface area contributed by atoms with Gasteiger partial charge in [0.25, 0.3) is 5.91 Å². The first-order valence-electron chi connectivity index (χ1n) is 4.98. The molecule has 0 radical (unpaired) electrons. The van der Waals surface area contributed by atoms with Crippen molar-refractivity contribution in [3.63, 3.8) is 0 Å². The number of nitrogens with zero attached hydrogens (tertiary/aromatic N) is 2. The van der Waals surface area contributed by atoms with Crippen LogP contribution in [0.25, 0.3) is 0 Å². The normalized spacial score (nSPS) is 11.4. The molecule has 1 aromatic heterocycles. The number of aromatic nitrogens is 2. The molecule has 0 saturated carbocycles. The fourth-order valence-electron chi connectivity index (χ4n) is 1.09. The topological polar surface area (TPSA) is 67.2 Å². The van der Waals surface area contributed by atoms with Crippen molar-refractivity contribution in [1.29, 1.82) is 0 Å². The summed E-state index contributed by atoms with van der Waals surface area (Å²) in [7, 11) is 0. The lowest BCUT2D eigenvalue weighted by Gasteiger charge is -2.16. The van der Waals surface area contributed by atoms with E-state index < -0.39 is 5.60 Å². The summed E-state index contributed by atoms with van der Waals surface area (Å²) in [5.74, 6) is -0.344. The van der Waals surface area contributed by atoms with E-state index in [1.807, 2.05) is 12.3 Å². The van der Waals surface area contributed by atoms with E-state index in [-0.39, 0.29) is 5.91 Å². The van der Waals surface area contributed by atoms with E-state index in [0.29, 0.717) is 6.54 Å². The van der Waals surface area contributed by atoms with Gasteiger partial charge in [-0.25, -0.2) is 0 Å². The van der Waals surface area contributed by atoms with Crippen molar-refractivity contribution in [2.24, 2.45) is 0 Å². The van der Waals surface area contributed by atoms with Crippen LogP contribution in [0.5, 0.6) is 0 Å². The van der Waals surface area contributed by atoms with Gasteiger partial charge in [0.05, 0.1) is 0 Å². The maximum absolute atomic E-state index is 11.2. The Morgan fingerprint density at radius 3 is 2.87 bits per heavy atom. The number of aliphatic hydroxyl groups is 1. The molecule has 0 bridgehead atoms. The fourth-order valence-corrected chi connectivity index (χ4v) is 1.09. The molecule has 1 amide bonds. The van der Waals surface area contributed by atoms with Crippen molar-refractivity contribution in [2.75, 3.05) is 6.54 Å². The van der Waals surface area contributed by atoms with Gasteiger partial charge in [0, 0.05) is 25.5 Å². The van der Waals surface area contributed by atoms with Gasteiger partial charge in [0.15, 0.2) is 0 Å². The molecule has 0 atom stereocenters. The predicted octanol–water partition coefficient (Wildman–Crippen LogP) is 0.160. The van der Waals surface area contributed by atoms with E-state index in [2.05, 4.69) is 10.4 Å². The van der Waals surface area contributed by atoms with Crippen molar-refractivity contribution >= 4 is 5.91 Å². The second-order valence-corrected chi connectivity index (χ2v) is 3.94. The van der Waals surface area contributed by atoms with Gasteiger partial charge >= 0.3 is 0 Å². The Labute approximate surface area is 89.1 Å². The summed E-state index contributed by atoms with van der Waals surface area (Å²) in [6.07, 6.45) is 4.39. The van der Waals surface area contributed by atoms with Gasteiger partial charge in [0.2, 0.25) is 0 Å². The number of carbonyl (C=O) groups excluding carboxylic acids is 1. The Morgan fingerprint density at radius 1 is 1.60 bits per heavy atom. The number of carbonyl (C=O) groups is 1. The first-order valence-corrected chi connectivity index (χ1v) is 4.98. The van der Waals surface area contributed by atoms with Gasteiger partial charge < -0.3 is 10.4 Å². The highest BCUT2D eigenvalue weighted by Gasteiger charge is 2.22. The monoisotopic (exact) mass is 211 g/mol. The molecular formula is C10H17N3O2. The molecule has 1 rings (SSSR count). The SMILES string of the molecule is CC(C)(O)C(=O)NCCCn1cccn1. The van der Waals surface area contributed by atoms with E-state index in [4.69, 9.17) is 0 Å². The lowest BCUT2D eigenvalue weighted by atomic mass is 10.1. The van der Waals surface area contributed by atoms with Gasteiger partial charge in [-0.3, -0.25) is 9.48 Å². The van der Waals surface area contributed by atoms with Crippen LogP contribution in [0.2, 0.25) is 0 Å². The van der Waals surface area contributed by atoms with Crippen LogP contribution in [0.1, 0.15) is 20.3 Å². The molecule has 1 heterocycles. The minimum atomic E-state index is -1.30. The van der Waals surface area contributed by atoms with Crippen LogP contribution >= 0.6 is 0 Å². The van der Waals surface area contributed by atoms with Crippen LogP contribution in [0.4, 0.5) is 0 Å². The van der Waals surface area contributed by atoms with Crippen molar-refractivity contribution in [3.05, 3.63) is 18.5 Å². The largest absolute Gasteiger partial charge is 0.381 e. The fraction of sp³-hybridized carbons (Fsp3) is 0.600. The van der Waals surface area contributed by atoms with Gasteiger partial charge in [-0.15, -0.1) is 0 Å². The molecule has 0 spiro atoms. The smallest absolute Gasteiger partial charge is 0.251 e. The van der Waals surface area contributed by atoms with Crippen LogP contribution in [-0.4, -0.2) is 32.9 Å². The lowest BCUT2D eigenvalue weighted by molar-refractivity contribution is -0.136. The number of rotatable bonds is 5. The average Bonchev–Trinajstić information content (AvgIpc) is 2.63. The van der Waals surface area contributed by atoms with Gasteiger partial charge in [-0.2, -0.15) is 5.10 Å². The van der Waals surface area contributed by atoms with E-state index in [1.54, 1.807) is 10.9 Å². The molecule has 84 valence electrons. The molecule has 0 aliphatic heterocycles. The highest BCUT2D eigenvalue weighted by atomic mass is 16.3. The average molecular weight is 211 g/mol. The zero-order chi connectivity index (χ0) is 11.3. The van der Waals surface area contributed by atoms with Gasteiger partial charge in [-0.1, -0.05) is 0 Å². The summed E-state index contributed by atoms with van der Waals surface area (Å²) < 4.78 is 1.80. The van der Waals surface area contributed by atoms with Crippen LogP contribution in [0.15, 0.2) is 18.5 Å². The molecule has 0 saturated heterocycles. The van der Waals surface area contributed by atoms with E-state index in [0.717, 1.165) is 13.0 Å². The number of hydrogen-bond acceptors (Lipinski definition) is 3. The van der Waals surface area contributed by atoms with Crippen LogP contribution in [-0.2, 0) is 11.3 Å². The number of amides is 1. The molecule has 1 aromatic rings. The highest BCUT2D eigenvalue weighted by Crippen LogP contribution is 1.99. The van der Waals surface area contributed by atoms with Gasteiger partial charge in [0.1, 0.15) is 5.60 Å². The summed E-state index contributed by atoms with van der Waals surface area (Å²) in [6, 6.07) is 1.86. The zero-order valence-electron chi connectivity index (χ0n) is 9.10. The van der Waals surface area contributed by atoms with E-state index in [9.17, 15) is 9.90 Å². The van der Waals surface area contributed by atoms with Crippen LogP contribution in [0.3, 0.4) is 0 Å². The number of aryl methyl sites for hydroxylation is 1. The maximum atomic E-state index is 11.2. The molecule has 0 unspecified atom stereocenters. The molecule has 2 N–H and O–H groups in total. The summed E-state index contributed by atoms with van der Waals surface area (Å²) in [5, 5.41) is 16.0. The van der Waals surface area contributed by atoms with Crippen molar-refractivity contribution in [3.8, 4) is 0 Å². The maximum Gasteiger partial charge on any atom is 0.251 e. The Balaban J connectivity index is 2.15. The second-order valence-electron chi connectivity index (χ2n) is 3.94. The Bertz CT molecular complexity index is 301. The van der Waals surface area contributed by atoms with Crippen LogP contribution < -0.4 is 5.32 Å². The van der Waals surface area contributed by atoms with Crippen molar-refractivity contribution in [2.45, 2.75) is 32.4 Å². The first-order chi connectivity index (χ1) is 7.00. The summed E-state index contributed by atoms with van der Waals surface area (Å²) in [5.41, 5.74) is -1.30. The number of hydrogen-bond donors (Lipinski definition) is 2. The Kier molecular flexibility index (Phi) is 3.85. The first kappa shape index (κ1) is 11.7. The third-order valence-corrected chi connectivity index (χ3v) is 1.96. The Morgan fingerprint density at radius 2 is 2.33 bits per heavy atom. The quantitative estimate of drug-likeness (QED) is 0.682. The molecule has 0 aromatic carbocycles. The van der Waals surface area contributed by atoms with Crippen molar-refractivity contribution in [1.82, 2.24) is 15.1 Å². The molecule has 15 heavy (non-hydrogen) atoms. The van der Waals surface area contributed by atoms with Crippen molar-refractivity contribution < 1.29 is 9.90 Å². The third kappa shape index (κ3) is 4.12. The minimum Gasteiger partial charge on any atom is -0.381 e. The molecule has 5 nitrogen and oxygen atoms in total. The second kappa shape index (κ2) is 4.93. The van der Waals surface area contributed by atoms with Crippen LogP contribution in [0, 0.1) is 0 Å². The predicted molar refractivity (Wildman–Crippen MR) is 56.2 cm³/mol. The van der Waals surface area contributed by atoms with Gasteiger partial charge in [-0.05, 0) is 26.3 Å². The third-order valence-electron chi connectivity index (χ3n) is 1.96. The summed E-state index contributed by atoms with van der Waals surface area (Å²) in [6.45, 7) is 4.24. The van der Waals surface area contributed by atoms with E-state index >= 15 is 0 Å². The molecule has 0 aliphatic rings. The number of nitrogens with one attached hydrogen (secondary N) is 1. The lowest BCUT2D eigenvalue weighted by Crippen LogP contribution is -2.42. The Hall–Kier alpha value is -1.36. The molecular weight excluding hydrogens is 194 g/mol. The molecule has 0 aliphatic carbocycles. The molecule has 5 heteroatoms.